The maximum Gasteiger partial charge on any atom is 0.305 e. The number of ketones is 6. The minimum absolute atomic E-state index is 0.00168. The van der Waals surface area contributed by atoms with Crippen molar-refractivity contribution in [3.8, 4) is 5.75 Å². The first-order valence-corrected chi connectivity index (χ1v) is 49.3. The number of imidazole rings is 1. The molecule has 1 heterocycles. The number of aromatic amines is 1. The number of hydrogen-bond donors (Lipinski definition) is 20. The highest BCUT2D eigenvalue weighted by atomic mass is 32.2. The van der Waals surface area contributed by atoms with Crippen LogP contribution in [0.1, 0.15) is 271 Å². The lowest BCUT2D eigenvalue weighted by molar-refractivity contribution is -0.142. The van der Waals surface area contributed by atoms with E-state index in [2.05, 4.69) is 64.1 Å². The maximum atomic E-state index is 15.0. The number of Topliss-reactive ketones (excluding diaryl/α,β-unsaturated/α-hetero) is 6. The molecule has 0 bridgehead atoms. The summed E-state index contributed by atoms with van der Waals surface area (Å²) in [6, 6.07) is -3.87. The molecule has 758 valence electrons. The van der Waals surface area contributed by atoms with E-state index in [0.717, 1.165) is 26.2 Å². The average molecular weight is 1910 g/mol. The first-order valence-electron chi connectivity index (χ1n) is 47.9. The molecule has 2 aromatic rings. The summed E-state index contributed by atoms with van der Waals surface area (Å²) in [5.41, 5.74) is 46.8. The molecule has 2 rings (SSSR count). The first kappa shape index (κ1) is 120. The molecule has 0 aliphatic carbocycles. The van der Waals surface area contributed by atoms with Gasteiger partial charge in [0, 0.05) is 101 Å². The molecule has 0 saturated carbocycles. The number of carboxylic acids is 1. The number of phenolic OH excluding ortho intramolecular Hbond substituents is 1. The van der Waals surface area contributed by atoms with E-state index in [0.29, 0.717) is 56.5 Å². The standard InChI is InChI=1S/C94H161N19O20S/c1-8-9-10-11-12-13-14-15-16-23-42-133-43-35-84(123)107-74(29-19-22-39-97)92(132)110-71(28-18-21-38-96)78(117)52-66(45-59(2)3)89(129)108-72(30-25-41-105-94(101)102)79(118)53-67(57-114)90(130)109-73(36-44-134-7)83(122)54-70(61(6)115)91(131)113-77(55-85(124)125)81(120)49-63(26-17-20-37-95)87(127)112-76(47-62-31-33-69(116)34-32-62)80(119)50-64(27-24-40-104-93(99)100)88(128)111-75(46-60(4)5)82(121)51-65(86(98)126)48-68-56-103-58-106-68/h31-34,56,58-61,63-67,70-77,114-116H,8-30,35-55,57,95-97H2,1-7H3,(H2,98,126)(H,103,106)(H,107,123)(H,108,129)(H,109,130)(H,110,132)(H,111,128)(H,112,127)(H,113,131)(H,124,125)(H4,99,100,104)(H4,101,102,105)/t61-,63-,64-,65-,66-,67+,70+,71+,72+,73+,74+,75+,76+,77+/m1/s1. The van der Waals surface area contributed by atoms with E-state index in [4.69, 9.17) is 50.6 Å². The number of guanidine groups is 2. The molecule has 1 aromatic heterocycles. The number of H-pyrrole nitrogens is 1. The van der Waals surface area contributed by atoms with E-state index in [9.17, 15) is 87.5 Å². The second-order valence-electron chi connectivity index (χ2n) is 36.0. The Morgan fingerprint density at radius 2 is 0.881 bits per heavy atom. The third-order valence-electron chi connectivity index (χ3n) is 23.4. The van der Waals surface area contributed by atoms with Crippen molar-refractivity contribution in [2.24, 2.45) is 103 Å². The Bertz CT molecular complexity index is 3920. The molecule has 1 aromatic carbocycles. The minimum atomic E-state index is -1.92. The number of aromatic hydroxyl groups is 1. The number of aliphatic hydroxyl groups is 2. The van der Waals surface area contributed by atoms with Crippen molar-refractivity contribution >= 4 is 112 Å². The van der Waals surface area contributed by atoms with Crippen LogP contribution in [-0.4, -0.2) is 243 Å². The second-order valence-corrected chi connectivity index (χ2v) is 37.0. The third-order valence-corrected chi connectivity index (χ3v) is 24.0. The molecular formula is C94H161N19O20S. The summed E-state index contributed by atoms with van der Waals surface area (Å²) >= 11 is 1.26. The predicted octanol–water partition coefficient (Wildman–Crippen LogP) is 3.75. The molecular weight excluding hydrogens is 1750 g/mol. The number of rotatable bonds is 81. The minimum Gasteiger partial charge on any atom is -0.508 e. The van der Waals surface area contributed by atoms with E-state index in [1.165, 1.54) is 93.5 Å². The van der Waals surface area contributed by atoms with Gasteiger partial charge in [-0.15, -0.1) is 0 Å². The zero-order valence-corrected chi connectivity index (χ0v) is 81.0. The number of phenols is 1. The number of aromatic nitrogens is 2. The summed E-state index contributed by atoms with van der Waals surface area (Å²) in [5, 5.41) is 61.7. The fraction of sp³-hybridized carbons (Fsp3) is 0.723. The number of carbonyl (C=O) groups excluding carboxylic acids is 14. The number of unbranched alkanes of at least 4 members (excludes halogenated alkanes) is 12. The van der Waals surface area contributed by atoms with Crippen LogP contribution in [-0.2, 0) is 89.5 Å². The number of amides is 8. The van der Waals surface area contributed by atoms with Crippen LogP contribution in [0.5, 0.6) is 5.75 Å². The van der Waals surface area contributed by atoms with Crippen LogP contribution in [0.4, 0.5) is 0 Å². The number of nitrogens with zero attached hydrogens (tertiary/aromatic N) is 3. The van der Waals surface area contributed by atoms with Gasteiger partial charge in [-0.05, 0) is 177 Å². The summed E-state index contributed by atoms with van der Waals surface area (Å²) in [6.07, 6.45) is 12.7. The van der Waals surface area contributed by atoms with Crippen molar-refractivity contribution < 1.29 is 97.1 Å². The number of carbonyl (C=O) groups is 15. The Kier molecular flexibility index (Phi) is 62.7. The number of nitrogens with two attached hydrogens (primary N) is 8. The molecule has 0 saturated heterocycles. The largest absolute Gasteiger partial charge is 0.508 e. The summed E-state index contributed by atoms with van der Waals surface area (Å²) < 4.78 is 5.79. The first-order chi connectivity index (χ1) is 63.8. The summed E-state index contributed by atoms with van der Waals surface area (Å²) in [6.45, 7) is 11.1. The third kappa shape index (κ3) is 52.3. The fourth-order valence-electron chi connectivity index (χ4n) is 15.7. The molecule has 0 fully saturated rings. The van der Waals surface area contributed by atoms with Gasteiger partial charge in [0.25, 0.3) is 0 Å². The number of hydrogen-bond acceptors (Lipinski definition) is 26. The summed E-state index contributed by atoms with van der Waals surface area (Å²) in [4.78, 5) is 229. The Morgan fingerprint density at radius 1 is 0.448 bits per heavy atom. The van der Waals surface area contributed by atoms with Crippen LogP contribution in [0.15, 0.2) is 46.8 Å². The van der Waals surface area contributed by atoms with Crippen LogP contribution < -0.4 is 83.1 Å². The lowest BCUT2D eigenvalue weighted by Gasteiger charge is -2.27. The van der Waals surface area contributed by atoms with Crippen LogP contribution in [0.2, 0.25) is 0 Å². The maximum absolute atomic E-state index is 15.0. The Morgan fingerprint density at radius 3 is 1.39 bits per heavy atom. The van der Waals surface area contributed by atoms with Crippen LogP contribution in [0, 0.1) is 47.3 Å². The van der Waals surface area contributed by atoms with Crippen LogP contribution in [0.25, 0.3) is 0 Å². The molecule has 39 nitrogen and oxygen atoms in total. The molecule has 0 radical (unpaired) electrons. The van der Waals surface area contributed by atoms with E-state index < -0.39 is 217 Å². The Hall–Kier alpha value is -9.87. The van der Waals surface area contributed by atoms with Gasteiger partial charge >= 0.3 is 5.97 Å². The Labute approximate surface area is 794 Å². The van der Waals surface area contributed by atoms with Gasteiger partial charge in [-0.2, -0.15) is 11.8 Å². The fourth-order valence-corrected chi connectivity index (χ4v) is 16.1. The Balaban J connectivity index is 2.51. The molecule has 0 aliphatic rings. The van der Waals surface area contributed by atoms with Crippen molar-refractivity contribution in [1.82, 2.24) is 47.2 Å². The molecule has 0 unspecified atom stereocenters. The average Bonchev–Trinajstić information content (AvgIpc) is 0.943. The molecule has 0 aliphatic heterocycles. The van der Waals surface area contributed by atoms with Crippen molar-refractivity contribution in [3.05, 3.63) is 48.0 Å². The van der Waals surface area contributed by atoms with E-state index in [1.54, 1.807) is 6.26 Å². The van der Waals surface area contributed by atoms with Gasteiger partial charge < -0.3 is 113 Å². The van der Waals surface area contributed by atoms with Gasteiger partial charge in [-0.25, -0.2) is 4.98 Å². The zero-order chi connectivity index (χ0) is 100. The van der Waals surface area contributed by atoms with E-state index in [1.807, 2.05) is 27.7 Å². The smallest absolute Gasteiger partial charge is 0.305 e. The van der Waals surface area contributed by atoms with Gasteiger partial charge in [0.1, 0.15) is 11.8 Å². The molecule has 134 heavy (non-hydrogen) atoms. The normalized spacial score (nSPS) is 14.6. The molecule has 14 atom stereocenters. The zero-order valence-electron chi connectivity index (χ0n) is 80.2. The molecule has 28 N–H and O–H groups in total. The molecule has 40 heteroatoms. The number of nitrogens with one attached hydrogen (secondary N) is 8. The second kappa shape index (κ2) is 69.9. The van der Waals surface area contributed by atoms with Crippen molar-refractivity contribution in [2.75, 3.05) is 64.6 Å². The van der Waals surface area contributed by atoms with Gasteiger partial charge in [0.2, 0.25) is 47.3 Å². The van der Waals surface area contributed by atoms with Crippen molar-refractivity contribution in [2.45, 2.75) is 321 Å². The van der Waals surface area contributed by atoms with Crippen molar-refractivity contribution in [1.29, 1.82) is 0 Å². The number of primary amides is 1. The summed E-state index contributed by atoms with van der Waals surface area (Å²) in [5.74, 6) is -20.9. The lowest BCUT2D eigenvalue weighted by Crippen LogP contribution is -2.52. The van der Waals surface area contributed by atoms with Gasteiger partial charge in [-0.1, -0.05) is 111 Å². The molecule has 8 amide bonds. The molecule has 0 spiro atoms. The number of aliphatic imine (C=N–C) groups is 2. The number of ether oxygens (including phenoxy) is 1. The number of benzene rings is 1. The topological polar surface area (TPSA) is 692 Å². The van der Waals surface area contributed by atoms with Crippen LogP contribution >= 0.6 is 11.8 Å². The monoisotopic (exact) mass is 1910 g/mol. The van der Waals surface area contributed by atoms with Gasteiger partial charge in [-0.3, -0.25) is 81.9 Å². The van der Waals surface area contributed by atoms with E-state index >= 15 is 4.79 Å². The quantitative estimate of drug-likeness (QED) is 0.0255. The number of aliphatic hydroxyl groups excluding tert-OH is 2. The van der Waals surface area contributed by atoms with Crippen LogP contribution in [0.3, 0.4) is 0 Å². The van der Waals surface area contributed by atoms with Gasteiger partial charge in [0.15, 0.2) is 46.6 Å². The summed E-state index contributed by atoms with van der Waals surface area (Å²) in [7, 11) is 0. The SMILES string of the molecule is CCCCCCCCCCCCOCCC(=O)N[C@@H](CCCCN)C(=O)N[C@@H](CCCCN)C(=O)C[C@@H](CC(C)C)C(=O)N[C@@H](CCCN=C(N)N)C(=O)C[C@@H](CO)C(=O)N[C@@H](CCSC)C(=O)C[C@H](C(=O)N[C@@H](CC(=O)O)C(=O)C[C@@H](CCCCN)C(=O)N[C@@H](Cc1ccc(O)cc1)C(=O)C[C@@H](CCCN=C(N)N)C(=O)N[C@@H](CC(C)C)C(=O)C[C@@H](Cc1cnc[nH]1)C(N)=O)[C@@H](C)O. The van der Waals surface area contributed by atoms with Gasteiger partial charge in [0.05, 0.1) is 86.1 Å². The number of aliphatic carboxylic acids is 1. The predicted molar refractivity (Wildman–Crippen MR) is 514 cm³/mol. The van der Waals surface area contributed by atoms with E-state index in [-0.39, 0.29) is 164 Å². The lowest BCUT2D eigenvalue weighted by atomic mass is 9.87. The highest BCUT2D eigenvalue weighted by molar-refractivity contribution is 7.98. The number of carboxylic acid groups (broad SMARTS) is 1. The highest BCUT2D eigenvalue weighted by Crippen LogP contribution is 2.27. The number of thioether (sulfide) groups is 1. The van der Waals surface area contributed by atoms with Crippen molar-refractivity contribution in [3.63, 3.8) is 0 Å². The highest BCUT2D eigenvalue weighted by Gasteiger charge is 2.40.